The summed E-state index contributed by atoms with van der Waals surface area (Å²) in [5, 5.41) is 33.1. The monoisotopic (exact) mass is 388 g/mol. The first-order valence-electron chi connectivity index (χ1n) is 9.51. The number of hydrogen-bond acceptors (Lipinski definition) is 5. The minimum absolute atomic E-state index is 0.0217. The Morgan fingerprint density at radius 3 is 2.31 bits per heavy atom. The predicted molar refractivity (Wildman–Crippen MR) is 105 cm³/mol. The minimum Gasteiger partial charge on any atom is -0.508 e. The summed E-state index contributed by atoms with van der Waals surface area (Å²) in [6.07, 6.45) is 0.0217. The van der Waals surface area contributed by atoms with Gasteiger partial charge in [0.15, 0.2) is 0 Å². The van der Waals surface area contributed by atoms with Crippen molar-refractivity contribution in [2.24, 2.45) is 5.92 Å². The first kappa shape index (κ1) is 17.9. The number of carbonyl (C=O) groups is 1. The largest absolute Gasteiger partial charge is 0.508 e. The van der Waals surface area contributed by atoms with Gasteiger partial charge in [0.1, 0.15) is 22.7 Å². The second kappa shape index (κ2) is 5.92. The van der Waals surface area contributed by atoms with Gasteiger partial charge < -0.3 is 20.1 Å². The molecule has 3 aromatic rings. The summed E-state index contributed by atoms with van der Waals surface area (Å²) in [5.74, 6) is -1.28. The van der Waals surface area contributed by atoms with Crippen LogP contribution < -0.4 is 4.74 Å². The molecule has 3 aromatic carbocycles. The van der Waals surface area contributed by atoms with Crippen LogP contribution in [-0.4, -0.2) is 21.3 Å². The van der Waals surface area contributed by atoms with Crippen molar-refractivity contribution in [1.82, 2.24) is 0 Å². The Morgan fingerprint density at radius 2 is 1.59 bits per heavy atom. The predicted octanol–water partition coefficient (Wildman–Crippen LogP) is 3.11. The Bertz CT molecular complexity index is 1140. The summed E-state index contributed by atoms with van der Waals surface area (Å²) in [4.78, 5) is 13.1. The van der Waals surface area contributed by atoms with Crippen LogP contribution >= 0.6 is 0 Å². The Balaban J connectivity index is 1.65. The summed E-state index contributed by atoms with van der Waals surface area (Å²) < 4.78 is 5.50. The molecule has 2 bridgehead atoms. The van der Waals surface area contributed by atoms with Crippen molar-refractivity contribution in [1.29, 1.82) is 0 Å². The highest BCUT2D eigenvalue weighted by Crippen LogP contribution is 2.59. The van der Waals surface area contributed by atoms with E-state index in [1.165, 1.54) is 24.3 Å². The van der Waals surface area contributed by atoms with E-state index >= 15 is 0 Å². The number of phenols is 1. The van der Waals surface area contributed by atoms with E-state index in [0.29, 0.717) is 22.3 Å². The lowest BCUT2D eigenvalue weighted by atomic mass is 9.54. The van der Waals surface area contributed by atoms with Crippen LogP contribution in [0.5, 0.6) is 11.5 Å². The standard InChI is InChI=1S/C24H20O5/c1-14-6-11-19-20(12-14)23(27)13-21(22(26)29-16-9-7-15(25)8-10-16)24(19,28)18-5-3-2-4-17(18)23/h2-12,21,25,27-28H,13H2,1H3. The number of esters is 1. The topological polar surface area (TPSA) is 87.0 Å². The highest BCUT2D eigenvalue weighted by Gasteiger charge is 2.62. The molecule has 146 valence electrons. The summed E-state index contributed by atoms with van der Waals surface area (Å²) in [5.41, 5.74) is 0.288. The van der Waals surface area contributed by atoms with Crippen LogP contribution in [0.15, 0.2) is 66.7 Å². The quantitative estimate of drug-likeness (QED) is 0.464. The van der Waals surface area contributed by atoms with Gasteiger partial charge in [-0.15, -0.1) is 0 Å². The summed E-state index contributed by atoms with van der Waals surface area (Å²) in [6.45, 7) is 1.93. The van der Waals surface area contributed by atoms with Gasteiger partial charge >= 0.3 is 5.97 Å². The zero-order valence-corrected chi connectivity index (χ0v) is 15.8. The second-order valence-corrected chi connectivity index (χ2v) is 7.89. The lowest BCUT2D eigenvalue weighted by Gasteiger charge is -2.53. The number of hydrogen-bond donors (Lipinski definition) is 3. The van der Waals surface area contributed by atoms with Crippen molar-refractivity contribution in [3.8, 4) is 11.5 Å². The molecule has 6 rings (SSSR count). The number of benzene rings is 3. The van der Waals surface area contributed by atoms with Crippen molar-refractivity contribution >= 4 is 5.97 Å². The molecular weight excluding hydrogens is 368 g/mol. The molecule has 0 aromatic heterocycles. The van der Waals surface area contributed by atoms with E-state index in [1.807, 2.05) is 25.1 Å². The van der Waals surface area contributed by atoms with E-state index in [9.17, 15) is 20.1 Å². The van der Waals surface area contributed by atoms with Crippen molar-refractivity contribution in [2.75, 3.05) is 0 Å². The van der Waals surface area contributed by atoms with Crippen LogP contribution in [0.4, 0.5) is 0 Å². The van der Waals surface area contributed by atoms with E-state index in [2.05, 4.69) is 0 Å². The molecule has 5 heteroatoms. The minimum atomic E-state index is -1.60. The fourth-order valence-corrected chi connectivity index (χ4v) is 4.79. The molecule has 3 atom stereocenters. The normalized spacial score (nSPS) is 26.5. The number of carbonyl (C=O) groups excluding carboxylic acids is 1. The first-order valence-corrected chi connectivity index (χ1v) is 9.51. The van der Waals surface area contributed by atoms with Crippen molar-refractivity contribution in [3.05, 3.63) is 94.5 Å². The molecule has 0 amide bonds. The molecule has 3 aliphatic rings. The van der Waals surface area contributed by atoms with Gasteiger partial charge in [0.2, 0.25) is 0 Å². The Hall–Kier alpha value is -3.15. The number of phenolic OH excluding ortho intramolecular Hbond substituents is 1. The first-order chi connectivity index (χ1) is 13.8. The van der Waals surface area contributed by atoms with Gasteiger partial charge in [0.05, 0.1) is 5.92 Å². The number of aryl methyl sites for hydroxylation is 1. The molecule has 0 heterocycles. The van der Waals surface area contributed by atoms with Crippen LogP contribution in [0.2, 0.25) is 0 Å². The zero-order valence-electron chi connectivity index (χ0n) is 15.8. The fourth-order valence-electron chi connectivity index (χ4n) is 4.79. The van der Waals surface area contributed by atoms with Crippen molar-refractivity contribution < 1.29 is 24.9 Å². The van der Waals surface area contributed by atoms with Crippen LogP contribution in [0.25, 0.3) is 0 Å². The lowest BCUT2D eigenvalue weighted by molar-refractivity contribution is -0.157. The number of aliphatic hydroxyl groups is 2. The molecule has 0 fully saturated rings. The highest BCUT2D eigenvalue weighted by molar-refractivity contribution is 5.81. The third kappa shape index (κ3) is 2.38. The molecule has 0 saturated heterocycles. The van der Waals surface area contributed by atoms with E-state index in [0.717, 1.165) is 5.56 Å². The maximum absolute atomic E-state index is 13.1. The van der Waals surface area contributed by atoms with Crippen LogP contribution in [0, 0.1) is 12.8 Å². The molecule has 0 spiro atoms. The number of aromatic hydroxyl groups is 1. The molecule has 5 nitrogen and oxygen atoms in total. The maximum Gasteiger partial charge on any atom is 0.318 e. The highest BCUT2D eigenvalue weighted by atomic mass is 16.5. The van der Waals surface area contributed by atoms with E-state index in [-0.39, 0.29) is 17.9 Å². The lowest BCUT2D eigenvalue weighted by Crippen LogP contribution is -2.57. The smallest absolute Gasteiger partial charge is 0.318 e. The molecular formula is C24H20O5. The van der Waals surface area contributed by atoms with Crippen LogP contribution in [-0.2, 0) is 16.0 Å². The van der Waals surface area contributed by atoms with E-state index < -0.39 is 23.1 Å². The molecule has 0 radical (unpaired) electrons. The van der Waals surface area contributed by atoms with Gasteiger partial charge in [-0.2, -0.15) is 0 Å². The number of rotatable bonds is 2. The Kier molecular flexibility index (Phi) is 3.66. The van der Waals surface area contributed by atoms with Gasteiger partial charge in [0, 0.05) is 6.42 Å². The average molecular weight is 388 g/mol. The maximum atomic E-state index is 13.1. The van der Waals surface area contributed by atoms with E-state index in [1.54, 1.807) is 24.3 Å². The van der Waals surface area contributed by atoms with Gasteiger partial charge in [-0.3, -0.25) is 4.79 Å². The summed E-state index contributed by atoms with van der Waals surface area (Å²) in [7, 11) is 0. The molecule has 0 aliphatic heterocycles. The van der Waals surface area contributed by atoms with Crippen LogP contribution in [0.3, 0.4) is 0 Å². The SMILES string of the molecule is Cc1ccc2c(c1)C1(O)CC(C(=O)Oc3ccc(O)cc3)C2(O)c2ccccc21. The molecule has 29 heavy (non-hydrogen) atoms. The Morgan fingerprint density at radius 1 is 0.931 bits per heavy atom. The molecule has 3 aliphatic carbocycles. The van der Waals surface area contributed by atoms with Crippen molar-refractivity contribution in [3.63, 3.8) is 0 Å². The van der Waals surface area contributed by atoms with Crippen molar-refractivity contribution in [2.45, 2.75) is 24.5 Å². The average Bonchev–Trinajstić information content (AvgIpc) is 2.71. The molecule has 3 unspecified atom stereocenters. The van der Waals surface area contributed by atoms with E-state index in [4.69, 9.17) is 4.74 Å². The number of fused-ring (bicyclic) bond motifs is 1. The third-order valence-corrected chi connectivity index (χ3v) is 6.16. The van der Waals surface area contributed by atoms with Crippen LogP contribution in [0.1, 0.15) is 34.2 Å². The molecule has 3 N–H and O–H groups in total. The third-order valence-electron chi connectivity index (χ3n) is 6.16. The summed E-state index contributed by atoms with van der Waals surface area (Å²) >= 11 is 0. The van der Waals surface area contributed by atoms with Gasteiger partial charge in [-0.1, -0.05) is 48.0 Å². The summed E-state index contributed by atoms with van der Waals surface area (Å²) in [6, 6.07) is 18.5. The Labute approximate surface area is 167 Å². The van der Waals surface area contributed by atoms with Gasteiger partial charge in [0.25, 0.3) is 0 Å². The molecule has 0 saturated carbocycles. The fraction of sp³-hybridized carbons (Fsp3) is 0.208. The van der Waals surface area contributed by atoms with Gasteiger partial charge in [-0.25, -0.2) is 0 Å². The second-order valence-electron chi connectivity index (χ2n) is 7.89. The number of ether oxygens (including phenoxy) is 1. The van der Waals surface area contributed by atoms with Gasteiger partial charge in [-0.05, 0) is 53.4 Å². The zero-order chi connectivity index (χ0) is 20.4.